The maximum absolute atomic E-state index is 13.5. The quantitative estimate of drug-likeness (QED) is 0.598. The first-order chi connectivity index (χ1) is 13.9. The number of piperidine rings is 1. The lowest BCUT2D eigenvalue weighted by molar-refractivity contribution is 0.103. The van der Waals surface area contributed by atoms with Gasteiger partial charge in [0.15, 0.2) is 5.78 Å². The molecule has 0 spiro atoms. The molecule has 29 heavy (non-hydrogen) atoms. The first-order valence-electron chi connectivity index (χ1n) is 10.2. The molecule has 0 unspecified atom stereocenters. The van der Waals surface area contributed by atoms with Gasteiger partial charge in [-0.2, -0.15) is 0 Å². The Labute approximate surface area is 179 Å². The van der Waals surface area contributed by atoms with E-state index in [4.69, 9.17) is 4.74 Å². The molecule has 0 amide bonds. The molecule has 1 aliphatic carbocycles. The van der Waals surface area contributed by atoms with Gasteiger partial charge in [-0.05, 0) is 61.8 Å². The number of fused-ring (bicyclic) bond motifs is 4. The normalized spacial score (nSPS) is 18.6. The number of nitrogens with one attached hydrogen (secondary N) is 1. The second-order valence-electron chi connectivity index (χ2n) is 8.67. The smallest absolute Gasteiger partial charge is 0.195 e. The van der Waals surface area contributed by atoms with Gasteiger partial charge in [-0.1, -0.05) is 35.8 Å². The zero-order valence-electron chi connectivity index (χ0n) is 17.0. The summed E-state index contributed by atoms with van der Waals surface area (Å²) in [6, 6.07) is 12.2. The topological polar surface area (TPSA) is 43.3 Å². The van der Waals surface area contributed by atoms with Gasteiger partial charge in [0.05, 0.1) is 5.56 Å². The van der Waals surface area contributed by atoms with Crippen LogP contribution >= 0.6 is 15.9 Å². The van der Waals surface area contributed by atoms with Crippen molar-refractivity contribution >= 4 is 32.6 Å². The Balaban J connectivity index is 1.64. The van der Waals surface area contributed by atoms with Crippen molar-refractivity contribution in [1.82, 2.24) is 9.88 Å². The average Bonchev–Trinajstić information content (AvgIpc) is 3.00. The number of ketones is 1. The summed E-state index contributed by atoms with van der Waals surface area (Å²) in [6.45, 7) is 6.40. The molecule has 2 aliphatic rings. The second kappa shape index (κ2) is 6.71. The van der Waals surface area contributed by atoms with Crippen LogP contribution in [0.1, 0.15) is 53.9 Å². The standard InChI is InChI=1S/C24H25BrN2O2/c1-24(2)19-13-16(29-15-8-10-26-11-9-15)5-7-17(19)22(28)21-18-6-4-14(25)12-20(18)27(3)23(21)24/h4-7,12-13,15,26H,8-11H2,1-3H3. The Morgan fingerprint density at radius 1 is 1.14 bits per heavy atom. The van der Waals surface area contributed by atoms with Crippen molar-refractivity contribution in [1.29, 1.82) is 0 Å². The van der Waals surface area contributed by atoms with E-state index in [-0.39, 0.29) is 17.3 Å². The second-order valence-corrected chi connectivity index (χ2v) is 9.59. The highest BCUT2D eigenvalue weighted by Crippen LogP contribution is 2.46. The van der Waals surface area contributed by atoms with Gasteiger partial charge < -0.3 is 14.6 Å². The molecule has 1 aromatic heterocycles. The third-order valence-corrected chi connectivity index (χ3v) is 6.97. The number of aryl methyl sites for hydroxylation is 1. The molecule has 0 atom stereocenters. The number of rotatable bonds is 2. The molecule has 1 aliphatic heterocycles. The van der Waals surface area contributed by atoms with Gasteiger partial charge in [-0.25, -0.2) is 0 Å². The van der Waals surface area contributed by atoms with E-state index in [0.29, 0.717) is 0 Å². The fourth-order valence-electron chi connectivity index (χ4n) is 5.05. The Bertz CT molecular complexity index is 1140. The van der Waals surface area contributed by atoms with Crippen LogP contribution in [0, 0.1) is 0 Å². The molecule has 2 heterocycles. The van der Waals surface area contributed by atoms with Crippen molar-refractivity contribution in [2.75, 3.05) is 13.1 Å². The summed E-state index contributed by atoms with van der Waals surface area (Å²) in [5.74, 6) is 0.970. The van der Waals surface area contributed by atoms with Gasteiger partial charge >= 0.3 is 0 Å². The highest BCUT2D eigenvalue weighted by Gasteiger charge is 2.41. The van der Waals surface area contributed by atoms with Crippen molar-refractivity contribution < 1.29 is 9.53 Å². The van der Waals surface area contributed by atoms with Crippen molar-refractivity contribution in [2.45, 2.75) is 38.2 Å². The number of benzene rings is 2. The van der Waals surface area contributed by atoms with E-state index < -0.39 is 0 Å². The molecule has 1 saturated heterocycles. The predicted molar refractivity (Wildman–Crippen MR) is 119 cm³/mol. The van der Waals surface area contributed by atoms with E-state index in [1.165, 1.54) is 0 Å². The zero-order valence-corrected chi connectivity index (χ0v) is 18.6. The summed E-state index contributed by atoms with van der Waals surface area (Å²) in [5.41, 5.74) is 4.51. The zero-order chi connectivity index (χ0) is 20.3. The van der Waals surface area contributed by atoms with E-state index in [9.17, 15) is 4.79 Å². The lowest BCUT2D eigenvalue weighted by atomic mass is 9.71. The van der Waals surface area contributed by atoms with E-state index in [2.05, 4.69) is 58.8 Å². The minimum atomic E-state index is -0.299. The van der Waals surface area contributed by atoms with Gasteiger partial charge in [0.1, 0.15) is 11.9 Å². The van der Waals surface area contributed by atoms with Crippen LogP contribution in [0.3, 0.4) is 0 Å². The third-order valence-electron chi connectivity index (χ3n) is 6.48. The molecule has 1 fully saturated rings. The van der Waals surface area contributed by atoms with Crippen molar-refractivity contribution in [3.63, 3.8) is 0 Å². The van der Waals surface area contributed by atoms with Gasteiger partial charge in [0, 0.05) is 39.1 Å². The summed E-state index contributed by atoms with van der Waals surface area (Å²) in [6.07, 6.45) is 2.27. The van der Waals surface area contributed by atoms with Gasteiger partial charge in [0.2, 0.25) is 0 Å². The van der Waals surface area contributed by atoms with Crippen LogP contribution in [-0.4, -0.2) is 29.5 Å². The van der Waals surface area contributed by atoms with Gasteiger partial charge in [0.25, 0.3) is 0 Å². The molecule has 3 aromatic rings. The highest BCUT2D eigenvalue weighted by atomic mass is 79.9. The van der Waals surface area contributed by atoms with Crippen molar-refractivity contribution in [2.24, 2.45) is 7.05 Å². The summed E-state index contributed by atoms with van der Waals surface area (Å²) in [7, 11) is 2.06. The van der Waals surface area contributed by atoms with Gasteiger partial charge in [-0.15, -0.1) is 0 Å². The molecule has 0 radical (unpaired) electrons. The van der Waals surface area contributed by atoms with Crippen LogP contribution < -0.4 is 10.1 Å². The number of carbonyl (C=O) groups excluding carboxylic acids is 1. The minimum absolute atomic E-state index is 0.107. The molecule has 0 bridgehead atoms. The fraction of sp³-hybridized carbons (Fsp3) is 0.375. The SMILES string of the molecule is Cn1c2c(c3ccc(Br)cc31)C(=O)c1ccc(OC3CCNCC3)cc1C2(C)C. The third kappa shape index (κ3) is 2.86. The molecule has 5 rings (SSSR count). The number of carbonyl (C=O) groups is 1. The first kappa shape index (κ1) is 18.9. The number of halogens is 1. The van der Waals surface area contributed by atoms with Crippen molar-refractivity contribution in [3.8, 4) is 5.75 Å². The Morgan fingerprint density at radius 3 is 2.66 bits per heavy atom. The fourth-order valence-corrected chi connectivity index (χ4v) is 5.40. The number of aromatic nitrogens is 1. The minimum Gasteiger partial charge on any atom is -0.490 e. The Morgan fingerprint density at radius 2 is 1.90 bits per heavy atom. The van der Waals surface area contributed by atoms with Crippen LogP contribution in [0.4, 0.5) is 0 Å². The van der Waals surface area contributed by atoms with Crippen LogP contribution in [-0.2, 0) is 12.5 Å². The monoisotopic (exact) mass is 452 g/mol. The number of hydrogen-bond acceptors (Lipinski definition) is 3. The highest BCUT2D eigenvalue weighted by molar-refractivity contribution is 9.10. The van der Waals surface area contributed by atoms with E-state index >= 15 is 0 Å². The number of hydrogen-bond donors (Lipinski definition) is 1. The molecular weight excluding hydrogens is 428 g/mol. The van der Waals surface area contributed by atoms with Crippen LogP contribution in [0.25, 0.3) is 10.9 Å². The first-order valence-corrected chi connectivity index (χ1v) is 11.0. The maximum atomic E-state index is 13.5. The summed E-state index contributed by atoms with van der Waals surface area (Å²) < 4.78 is 9.47. The summed E-state index contributed by atoms with van der Waals surface area (Å²) >= 11 is 3.57. The molecule has 4 nitrogen and oxygen atoms in total. The lowest BCUT2D eigenvalue weighted by Gasteiger charge is -2.34. The Hall–Kier alpha value is -2.11. The maximum Gasteiger partial charge on any atom is 0.195 e. The van der Waals surface area contributed by atoms with E-state index in [0.717, 1.165) is 69.4 Å². The van der Waals surface area contributed by atoms with Crippen LogP contribution in [0.15, 0.2) is 40.9 Å². The number of ether oxygens (including phenoxy) is 1. The molecular formula is C24H25BrN2O2. The van der Waals surface area contributed by atoms with Crippen LogP contribution in [0.2, 0.25) is 0 Å². The van der Waals surface area contributed by atoms with Crippen LogP contribution in [0.5, 0.6) is 5.75 Å². The molecule has 5 heteroatoms. The van der Waals surface area contributed by atoms with E-state index in [1.54, 1.807) is 0 Å². The Kier molecular flexibility index (Phi) is 4.37. The number of nitrogens with zero attached hydrogens (tertiary/aromatic N) is 1. The van der Waals surface area contributed by atoms with E-state index in [1.807, 2.05) is 24.3 Å². The van der Waals surface area contributed by atoms with Gasteiger partial charge in [-0.3, -0.25) is 4.79 Å². The lowest BCUT2D eigenvalue weighted by Crippen LogP contribution is -2.34. The molecule has 1 N–H and O–H groups in total. The summed E-state index contributed by atoms with van der Waals surface area (Å²) in [4.78, 5) is 13.5. The predicted octanol–water partition coefficient (Wildman–Crippen LogP) is 4.94. The molecule has 2 aromatic carbocycles. The molecule has 150 valence electrons. The molecule has 0 saturated carbocycles. The average molecular weight is 453 g/mol. The summed E-state index contributed by atoms with van der Waals surface area (Å²) in [5, 5.41) is 4.39. The van der Waals surface area contributed by atoms with Crippen molar-refractivity contribution in [3.05, 3.63) is 63.3 Å². The largest absolute Gasteiger partial charge is 0.490 e.